The van der Waals surface area contributed by atoms with E-state index in [9.17, 15) is 9.59 Å². The minimum absolute atomic E-state index is 0.180. The molecule has 1 unspecified atom stereocenters. The maximum atomic E-state index is 12.6. The van der Waals surface area contributed by atoms with Crippen LogP contribution in [-0.4, -0.2) is 24.1 Å². The lowest BCUT2D eigenvalue weighted by Gasteiger charge is -2.28. The van der Waals surface area contributed by atoms with Crippen LogP contribution in [-0.2, 0) is 16.0 Å². The van der Waals surface area contributed by atoms with Crippen LogP contribution in [0.3, 0.4) is 0 Å². The summed E-state index contributed by atoms with van der Waals surface area (Å²) in [5.41, 5.74) is 2.21. The van der Waals surface area contributed by atoms with Gasteiger partial charge in [-0.3, -0.25) is 4.90 Å². The molecule has 0 radical (unpaired) electrons. The number of nitrogens with zero attached hydrogens (tertiary/aromatic N) is 1. The topological polar surface area (TPSA) is 55.8 Å². The standard InChI is InChI=1S/C22H21NO4/c1-16-13-18(14-17-9-5-3-6-10-17)20(21(24)26-2)15-23(16)22(25)27-19-11-7-4-8-12-19/h3-13,15,18H,14H2,1-2H3. The summed E-state index contributed by atoms with van der Waals surface area (Å²) in [4.78, 5) is 26.2. The number of allylic oxidation sites excluding steroid dienone is 2. The highest BCUT2D eigenvalue weighted by Gasteiger charge is 2.29. The Kier molecular flexibility index (Phi) is 5.71. The van der Waals surface area contributed by atoms with Crippen molar-refractivity contribution >= 4 is 12.1 Å². The number of para-hydroxylation sites is 1. The molecule has 138 valence electrons. The molecule has 2 aromatic carbocycles. The van der Waals surface area contributed by atoms with Gasteiger partial charge in [0.15, 0.2) is 0 Å². The van der Waals surface area contributed by atoms with E-state index in [0.717, 1.165) is 5.56 Å². The normalized spacial score (nSPS) is 16.2. The second-order valence-electron chi connectivity index (χ2n) is 6.23. The molecule has 0 spiro atoms. The van der Waals surface area contributed by atoms with Crippen molar-refractivity contribution in [1.82, 2.24) is 4.90 Å². The summed E-state index contributed by atoms with van der Waals surface area (Å²) in [5, 5.41) is 0. The molecule has 1 aliphatic heterocycles. The molecule has 2 aromatic rings. The van der Waals surface area contributed by atoms with Crippen LogP contribution in [0, 0.1) is 5.92 Å². The molecule has 1 aliphatic rings. The lowest BCUT2D eigenvalue weighted by molar-refractivity contribution is -0.136. The van der Waals surface area contributed by atoms with Gasteiger partial charge in [0.05, 0.1) is 12.7 Å². The molecule has 0 aliphatic carbocycles. The minimum Gasteiger partial charge on any atom is -0.466 e. The summed E-state index contributed by atoms with van der Waals surface area (Å²) in [5.74, 6) is -0.201. The number of hydrogen-bond donors (Lipinski definition) is 0. The number of hydrogen-bond acceptors (Lipinski definition) is 4. The Labute approximate surface area is 158 Å². The van der Waals surface area contributed by atoms with Crippen LogP contribution in [0.1, 0.15) is 12.5 Å². The van der Waals surface area contributed by atoms with Crippen molar-refractivity contribution in [3.8, 4) is 5.75 Å². The Balaban J connectivity index is 1.84. The smallest absolute Gasteiger partial charge is 0.423 e. The van der Waals surface area contributed by atoms with Gasteiger partial charge < -0.3 is 9.47 Å². The van der Waals surface area contributed by atoms with Crippen LogP contribution in [0.4, 0.5) is 4.79 Å². The summed E-state index contributed by atoms with van der Waals surface area (Å²) in [7, 11) is 1.33. The quantitative estimate of drug-likeness (QED) is 0.759. The zero-order valence-corrected chi connectivity index (χ0v) is 15.3. The number of methoxy groups -OCH3 is 1. The zero-order valence-electron chi connectivity index (χ0n) is 15.3. The number of benzene rings is 2. The third-order valence-electron chi connectivity index (χ3n) is 4.35. The molecule has 5 nitrogen and oxygen atoms in total. The Hall–Kier alpha value is -3.34. The zero-order chi connectivity index (χ0) is 19.2. The first-order chi connectivity index (χ1) is 13.1. The van der Waals surface area contributed by atoms with E-state index in [2.05, 4.69) is 0 Å². The Morgan fingerprint density at radius 1 is 1.00 bits per heavy atom. The van der Waals surface area contributed by atoms with Gasteiger partial charge in [0.2, 0.25) is 0 Å². The van der Waals surface area contributed by atoms with Crippen molar-refractivity contribution in [2.45, 2.75) is 13.3 Å². The van der Waals surface area contributed by atoms with Gasteiger partial charge in [-0.2, -0.15) is 0 Å². The van der Waals surface area contributed by atoms with Crippen LogP contribution in [0.15, 0.2) is 84.2 Å². The van der Waals surface area contributed by atoms with Crippen molar-refractivity contribution in [3.63, 3.8) is 0 Å². The summed E-state index contributed by atoms with van der Waals surface area (Å²) in [6.45, 7) is 1.81. The van der Waals surface area contributed by atoms with Crippen LogP contribution in [0.2, 0.25) is 0 Å². The minimum atomic E-state index is -0.575. The molecule has 0 N–H and O–H groups in total. The molecule has 3 rings (SSSR count). The van der Waals surface area contributed by atoms with Crippen LogP contribution < -0.4 is 4.74 Å². The summed E-state index contributed by atoms with van der Waals surface area (Å²) >= 11 is 0. The molecule has 1 amide bonds. The first kappa shape index (κ1) is 18.5. The number of carbonyl (C=O) groups excluding carboxylic acids is 2. The van der Waals surface area contributed by atoms with E-state index < -0.39 is 12.1 Å². The van der Waals surface area contributed by atoms with Crippen molar-refractivity contribution in [2.24, 2.45) is 5.92 Å². The van der Waals surface area contributed by atoms with Gasteiger partial charge >= 0.3 is 12.1 Å². The van der Waals surface area contributed by atoms with E-state index in [4.69, 9.17) is 9.47 Å². The third-order valence-corrected chi connectivity index (χ3v) is 4.35. The first-order valence-electron chi connectivity index (χ1n) is 8.67. The van der Waals surface area contributed by atoms with Crippen molar-refractivity contribution in [3.05, 3.63) is 89.8 Å². The van der Waals surface area contributed by atoms with Gasteiger partial charge in [-0.15, -0.1) is 0 Å². The van der Waals surface area contributed by atoms with Gasteiger partial charge in [0.1, 0.15) is 5.75 Å². The fraction of sp³-hybridized carbons (Fsp3) is 0.182. The molecule has 27 heavy (non-hydrogen) atoms. The molecule has 0 saturated heterocycles. The predicted octanol–water partition coefficient (Wildman–Crippen LogP) is 4.32. The molecular formula is C22H21NO4. The molecule has 0 saturated carbocycles. The van der Waals surface area contributed by atoms with Crippen molar-refractivity contribution in [1.29, 1.82) is 0 Å². The molecular weight excluding hydrogens is 342 g/mol. The van der Waals surface area contributed by atoms with Gasteiger partial charge in [-0.05, 0) is 31.0 Å². The van der Waals surface area contributed by atoms with E-state index in [1.165, 1.54) is 18.2 Å². The molecule has 0 bridgehead atoms. The van der Waals surface area contributed by atoms with E-state index >= 15 is 0 Å². The van der Waals surface area contributed by atoms with E-state index in [-0.39, 0.29) is 5.92 Å². The van der Waals surface area contributed by atoms with E-state index in [1.54, 1.807) is 24.3 Å². The number of esters is 1. The SMILES string of the molecule is COC(=O)C1=CN(C(=O)Oc2ccccc2)C(C)=CC1Cc1ccccc1. The third kappa shape index (κ3) is 4.44. The summed E-state index contributed by atoms with van der Waals surface area (Å²) in [6, 6.07) is 18.7. The van der Waals surface area contributed by atoms with Crippen LogP contribution >= 0.6 is 0 Å². The fourth-order valence-electron chi connectivity index (χ4n) is 2.99. The first-order valence-corrected chi connectivity index (χ1v) is 8.67. The molecule has 1 atom stereocenters. The summed E-state index contributed by atoms with van der Waals surface area (Å²) < 4.78 is 10.3. The highest BCUT2D eigenvalue weighted by molar-refractivity contribution is 5.91. The molecule has 0 aromatic heterocycles. The average molecular weight is 363 g/mol. The average Bonchev–Trinajstić information content (AvgIpc) is 2.69. The van der Waals surface area contributed by atoms with Crippen LogP contribution in [0.25, 0.3) is 0 Å². The highest BCUT2D eigenvalue weighted by atomic mass is 16.6. The summed E-state index contributed by atoms with van der Waals surface area (Å²) in [6.07, 6.45) is 3.47. The van der Waals surface area contributed by atoms with Gasteiger partial charge in [0.25, 0.3) is 0 Å². The lowest BCUT2D eigenvalue weighted by atomic mass is 9.89. The second-order valence-corrected chi connectivity index (χ2v) is 6.23. The van der Waals surface area contributed by atoms with Crippen LogP contribution in [0.5, 0.6) is 5.75 Å². The fourth-order valence-corrected chi connectivity index (χ4v) is 2.99. The Morgan fingerprint density at radius 2 is 1.63 bits per heavy atom. The van der Waals surface area contributed by atoms with Crippen molar-refractivity contribution < 1.29 is 19.1 Å². The number of ether oxygens (including phenoxy) is 2. The molecule has 1 heterocycles. The Bertz CT molecular complexity index is 872. The van der Waals surface area contributed by atoms with E-state index in [0.29, 0.717) is 23.4 Å². The second kappa shape index (κ2) is 8.36. The van der Waals surface area contributed by atoms with Gasteiger partial charge in [-0.25, -0.2) is 9.59 Å². The van der Waals surface area contributed by atoms with Gasteiger partial charge in [0, 0.05) is 17.8 Å². The number of amides is 1. The lowest BCUT2D eigenvalue weighted by Crippen LogP contribution is -2.33. The maximum absolute atomic E-state index is 12.6. The number of carbonyl (C=O) groups is 2. The largest absolute Gasteiger partial charge is 0.466 e. The highest BCUT2D eigenvalue weighted by Crippen LogP contribution is 2.28. The Morgan fingerprint density at radius 3 is 2.26 bits per heavy atom. The number of rotatable bonds is 4. The van der Waals surface area contributed by atoms with Crippen molar-refractivity contribution in [2.75, 3.05) is 7.11 Å². The predicted molar refractivity (Wildman–Crippen MR) is 102 cm³/mol. The van der Waals surface area contributed by atoms with Gasteiger partial charge in [-0.1, -0.05) is 54.6 Å². The molecule has 5 heteroatoms. The monoisotopic (exact) mass is 363 g/mol. The maximum Gasteiger partial charge on any atom is 0.423 e. The van der Waals surface area contributed by atoms with E-state index in [1.807, 2.05) is 49.4 Å². The molecule has 0 fully saturated rings.